The fourth-order valence-electron chi connectivity index (χ4n) is 2.72. The van der Waals surface area contributed by atoms with Gasteiger partial charge >= 0.3 is 35.8 Å². The average molecular weight is 700 g/mol. The number of hydrogen-bond acceptors (Lipinski definition) is 6. The Morgan fingerprint density at radius 3 is 0.447 bits per heavy atom. The monoisotopic (exact) mass is 700 g/mol. The summed E-state index contributed by atoms with van der Waals surface area (Å²) in [6.07, 6.45) is 9.84. The zero-order valence-corrected chi connectivity index (χ0v) is 27.7. The predicted molar refractivity (Wildman–Crippen MR) is 129 cm³/mol. The fraction of sp³-hybridized carbons (Fsp3) is 0.750. The van der Waals surface area contributed by atoms with Crippen LogP contribution in [0, 0.1) is 0 Å². The molecule has 0 saturated heterocycles. The molecule has 0 heterocycles. The topological polar surface area (TPSA) is 224 Å². The second-order valence-electron chi connectivity index (χ2n) is 8.11. The van der Waals surface area contributed by atoms with Gasteiger partial charge in [0, 0.05) is 104 Å². The zero-order valence-electron chi connectivity index (χ0n) is 22.0. The molecule has 0 spiro atoms. The van der Waals surface area contributed by atoms with Crippen LogP contribution >= 0.6 is 0 Å². The van der Waals surface area contributed by atoms with Crippen molar-refractivity contribution in [1.82, 2.24) is 0 Å². The summed E-state index contributed by atoms with van der Waals surface area (Å²) >= 11 is 0. The molecule has 0 saturated carbocycles. The van der Waals surface area contributed by atoms with E-state index in [0.29, 0.717) is 38.5 Å². The molecule has 0 unspecified atom stereocenters. The van der Waals surface area contributed by atoms with Crippen LogP contribution in [0.5, 0.6) is 0 Å². The van der Waals surface area contributed by atoms with E-state index in [2.05, 4.69) is 0 Å². The average Bonchev–Trinajstić information content (AvgIpc) is 2.75. The Morgan fingerprint density at radius 1 is 0.263 bits per heavy atom. The van der Waals surface area contributed by atoms with Crippen LogP contribution in [0.25, 0.3) is 0 Å². The molecular weight excluding hydrogens is 658 g/mol. The van der Waals surface area contributed by atoms with E-state index in [-0.39, 0.29) is 104 Å². The van der Waals surface area contributed by atoms with Crippen LogP contribution in [0.2, 0.25) is 0 Å². The molecule has 0 aromatic rings. The summed E-state index contributed by atoms with van der Waals surface area (Å²) < 4.78 is 0. The van der Waals surface area contributed by atoms with E-state index in [9.17, 15) is 28.8 Å². The number of aliphatic carboxylic acids is 6. The molecule has 38 heavy (non-hydrogen) atoms. The fourth-order valence-corrected chi connectivity index (χ4v) is 2.72. The minimum absolute atomic E-state index is 0. The summed E-state index contributed by atoms with van der Waals surface area (Å²) in [6.45, 7) is 0. The normalized spacial score (nSPS) is 9.16. The summed E-state index contributed by atoms with van der Waals surface area (Å²) in [5, 5.41) is 49.6. The zero-order chi connectivity index (χ0) is 28.2. The summed E-state index contributed by atoms with van der Waals surface area (Å²) in [4.78, 5) is 60.3. The molecule has 0 fully saturated rings. The molecular formula is C24H42O12Y2. The number of unbranched alkanes of at least 4 members (excludes halogenated alkanes) is 9. The van der Waals surface area contributed by atoms with Gasteiger partial charge in [0.2, 0.25) is 0 Å². The Kier molecular flexibility index (Phi) is 44.4. The van der Waals surface area contributed by atoms with Gasteiger partial charge in [-0.25, -0.2) is 0 Å². The van der Waals surface area contributed by atoms with Crippen LogP contribution in [0.4, 0.5) is 0 Å². The van der Waals surface area contributed by atoms with Gasteiger partial charge in [0.1, 0.15) is 0 Å². The molecule has 14 heteroatoms. The minimum Gasteiger partial charge on any atom is -0.481 e. The Bertz CT molecular complexity index is 502. The minimum atomic E-state index is -0.784. The molecule has 0 aliphatic heterocycles. The largest absolute Gasteiger partial charge is 0.481 e. The van der Waals surface area contributed by atoms with Crippen molar-refractivity contribution in [1.29, 1.82) is 0 Å². The quantitative estimate of drug-likeness (QED) is 0.0912. The number of hydrogen-bond donors (Lipinski definition) is 6. The standard InChI is InChI=1S/3C8H14O4.2Y/c3*9-7(10)5-3-1-2-4-6-8(11)12;;/h3*1-6H2,(H,9,10)(H,11,12);;. The first-order chi connectivity index (χ1) is 16.9. The molecule has 0 aliphatic rings. The SMILES string of the molecule is O=C(O)CCCCCCC(=O)O.O=C(O)CCCCCCC(=O)O.O=C(O)CCCCCCC(=O)O.[Y].[Y]. The second-order valence-corrected chi connectivity index (χ2v) is 8.11. The molecule has 0 atom stereocenters. The van der Waals surface area contributed by atoms with Gasteiger partial charge in [-0.2, -0.15) is 0 Å². The van der Waals surface area contributed by atoms with Gasteiger partial charge in [-0.05, 0) is 38.5 Å². The third-order valence-corrected chi connectivity index (χ3v) is 4.59. The molecule has 216 valence electrons. The molecule has 6 N–H and O–H groups in total. The van der Waals surface area contributed by atoms with Crippen molar-refractivity contribution in [3.8, 4) is 0 Å². The van der Waals surface area contributed by atoms with E-state index < -0.39 is 35.8 Å². The Morgan fingerprint density at radius 2 is 0.368 bits per heavy atom. The summed E-state index contributed by atoms with van der Waals surface area (Å²) in [5.41, 5.74) is 0. The van der Waals surface area contributed by atoms with Gasteiger partial charge in [-0.3, -0.25) is 28.8 Å². The maximum absolute atomic E-state index is 10.0. The third-order valence-electron chi connectivity index (χ3n) is 4.59. The van der Waals surface area contributed by atoms with Crippen molar-refractivity contribution < 1.29 is 125 Å². The molecule has 2 radical (unpaired) electrons. The molecule has 0 bridgehead atoms. The van der Waals surface area contributed by atoms with E-state index in [1.54, 1.807) is 0 Å². The first-order valence-electron chi connectivity index (χ1n) is 12.2. The van der Waals surface area contributed by atoms with Gasteiger partial charge in [-0.1, -0.05) is 38.5 Å². The molecule has 0 rings (SSSR count). The molecule has 0 aliphatic carbocycles. The Hall–Kier alpha value is -0.972. The maximum atomic E-state index is 10.0. The van der Waals surface area contributed by atoms with Crippen molar-refractivity contribution in [2.75, 3.05) is 0 Å². The van der Waals surface area contributed by atoms with Gasteiger partial charge in [0.25, 0.3) is 0 Å². The van der Waals surface area contributed by atoms with Gasteiger partial charge in [0.15, 0.2) is 0 Å². The van der Waals surface area contributed by atoms with Crippen molar-refractivity contribution in [3.05, 3.63) is 0 Å². The number of carboxylic acids is 6. The van der Waals surface area contributed by atoms with Crippen LogP contribution in [-0.2, 0) is 94.2 Å². The number of rotatable bonds is 21. The van der Waals surface area contributed by atoms with Crippen LogP contribution in [0.15, 0.2) is 0 Å². The third kappa shape index (κ3) is 59.9. The van der Waals surface area contributed by atoms with E-state index in [4.69, 9.17) is 30.6 Å². The maximum Gasteiger partial charge on any atom is 0.303 e. The molecule has 0 aromatic heterocycles. The van der Waals surface area contributed by atoms with E-state index in [1.807, 2.05) is 0 Å². The first kappa shape index (κ1) is 46.9. The number of carboxylic acid groups (broad SMARTS) is 6. The van der Waals surface area contributed by atoms with Crippen LogP contribution in [-0.4, -0.2) is 66.5 Å². The predicted octanol–water partition coefficient (Wildman–Crippen LogP) is 4.48. The van der Waals surface area contributed by atoms with Gasteiger partial charge in [-0.15, -0.1) is 0 Å². The van der Waals surface area contributed by atoms with Crippen molar-refractivity contribution in [2.24, 2.45) is 0 Å². The van der Waals surface area contributed by atoms with E-state index in [0.717, 1.165) is 38.5 Å². The van der Waals surface area contributed by atoms with Gasteiger partial charge < -0.3 is 30.6 Å². The second kappa shape index (κ2) is 36.0. The first-order valence-corrected chi connectivity index (χ1v) is 12.2. The molecule has 0 aromatic carbocycles. The Balaban J connectivity index is -0.000000140. The smallest absolute Gasteiger partial charge is 0.303 e. The van der Waals surface area contributed by atoms with E-state index >= 15 is 0 Å². The summed E-state index contributed by atoms with van der Waals surface area (Å²) in [5.74, 6) is -4.70. The van der Waals surface area contributed by atoms with Crippen molar-refractivity contribution in [2.45, 2.75) is 116 Å². The molecule has 0 amide bonds. The molecule has 12 nitrogen and oxygen atoms in total. The summed E-state index contributed by atoms with van der Waals surface area (Å²) in [6, 6.07) is 0. The Labute approximate surface area is 274 Å². The van der Waals surface area contributed by atoms with Crippen molar-refractivity contribution in [3.63, 3.8) is 0 Å². The van der Waals surface area contributed by atoms with Crippen molar-refractivity contribution >= 4 is 35.8 Å². The van der Waals surface area contributed by atoms with Crippen LogP contribution in [0.3, 0.4) is 0 Å². The van der Waals surface area contributed by atoms with E-state index in [1.165, 1.54) is 0 Å². The summed E-state index contributed by atoms with van der Waals surface area (Å²) in [7, 11) is 0. The van der Waals surface area contributed by atoms with Crippen LogP contribution in [0.1, 0.15) is 116 Å². The van der Waals surface area contributed by atoms with Crippen LogP contribution < -0.4 is 0 Å². The van der Waals surface area contributed by atoms with Gasteiger partial charge in [0.05, 0.1) is 0 Å². The number of carbonyl (C=O) groups is 6.